The van der Waals surface area contributed by atoms with E-state index in [0.29, 0.717) is 11.4 Å². The molecule has 1 aromatic carbocycles. The Bertz CT molecular complexity index is 654. The van der Waals surface area contributed by atoms with Crippen molar-refractivity contribution in [3.63, 3.8) is 0 Å². The molecule has 2 aromatic rings. The van der Waals surface area contributed by atoms with E-state index in [9.17, 15) is 4.79 Å². The van der Waals surface area contributed by atoms with Crippen LogP contribution in [0.2, 0.25) is 0 Å². The first-order chi connectivity index (χ1) is 10.7. The Labute approximate surface area is 133 Å². The quantitative estimate of drug-likeness (QED) is 0.944. The highest BCUT2D eigenvalue weighted by Gasteiger charge is 2.24. The molecule has 6 heteroatoms. The molecule has 0 radical (unpaired) electrons. The van der Waals surface area contributed by atoms with E-state index in [-0.39, 0.29) is 11.9 Å². The molecule has 0 spiro atoms. The average molecular weight is 317 g/mol. The van der Waals surface area contributed by atoms with E-state index in [2.05, 4.69) is 4.98 Å². The number of aromatic nitrogens is 1. The molecule has 1 aliphatic heterocycles. The first kappa shape index (κ1) is 15.0. The molecule has 2 N–H and O–H groups in total. The molecule has 1 saturated heterocycles. The maximum Gasteiger partial charge on any atom is 0.265 e. The van der Waals surface area contributed by atoms with Crippen LogP contribution in [-0.2, 0) is 0 Å². The van der Waals surface area contributed by atoms with Gasteiger partial charge in [-0.15, -0.1) is 11.3 Å². The fourth-order valence-electron chi connectivity index (χ4n) is 2.59. The monoisotopic (exact) mass is 317 g/mol. The van der Waals surface area contributed by atoms with Crippen molar-refractivity contribution in [3.8, 4) is 16.3 Å². The van der Waals surface area contributed by atoms with Crippen LogP contribution in [0.5, 0.6) is 5.75 Å². The van der Waals surface area contributed by atoms with Crippen LogP contribution in [0.3, 0.4) is 0 Å². The van der Waals surface area contributed by atoms with Gasteiger partial charge in [-0.3, -0.25) is 4.79 Å². The molecule has 1 atom stereocenters. The number of hydrogen-bond donors (Lipinski definition) is 1. The van der Waals surface area contributed by atoms with Crippen molar-refractivity contribution in [2.75, 3.05) is 20.2 Å². The lowest BCUT2D eigenvalue weighted by Gasteiger charge is -2.30. The number of amides is 1. The zero-order valence-electron chi connectivity index (χ0n) is 12.5. The number of thiazole rings is 1. The van der Waals surface area contributed by atoms with Gasteiger partial charge in [0.15, 0.2) is 0 Å². The maximum atomic E-state index is 12.5. The van der Waals surface area contributed by atoms with Gasteiger partial charge in [-0.2, -0.15) is 0 Å². The number of benzene rings is 1. The molecule has 1 aliphatic rings. The van der Waals surface area contributed by atoms with E-state index >= 15 is 0 Å². The summed E-state index contributed by atoms with van der Waals surface area (Å²) in [6.07, 6.45) is 3.62. The van der Waals surface area contributed by atoms with Crippen molar-refractivity contribution >= 4 is 17.2 Å². The van der Waals surface area contributed by atoms with Gasteiger partial charge >= 0.3 is 0 Å². The topological polar surface area (TPSA) is 68.5 Å². The number of hydrogen-bond acceptors (Lipinski definition) is 5. The van der Waals surface area contributed by atoms with E-state index in [1.54, 1.807) is 13.3 Å². The van der Waals surface area contributed by atoms with Gasteiger partial charge in [0.1, 0.15) is 15.6 Å². The van der Waals surface area contributed by atoms with Gasteiger partial charge in [0.2, 0.25) is 0 Å². The van der Waals surface area contributed by atoms with Gasteiger partial charge in [-0.1, -0.05) is 0 Å². The summed E-state index contributed by atoms with van der Waals surface area (Å²) in [7, 11) is 1.64. The van der Waals surface area contributed by atoms with Crippen LogP contribution in [-0.4, -0.2) is 42.0 Å². The number of ether oxygens (including phenoxy) is 1. The molecule has 2 heterocycles. The zero-order valence-corrected chi connectivity index (χ0v) is 13.3. The van der Waals surface area contributed by atoms with E-state index < -0.39 is 0 Å². The van der Waals surface area contributed by atoms with E-state index in [1.165, 1.54) is 11.3 Å². The second-order valence-corrected chi connectivity index (χ2v) is 6.44. The Morgan fingerprint density at radius 1 is 1.41 bits per heavy atom. The molecular weight excluding hydrogens is 298 g/mol. The summed E-state index contributed by atoms with van der Waals surface area (Å²) >= 11 is 1.42. The highest BCUT2D eigenvalue weighted by Crippen LogP contribution is 2.28. The lowest BCUT2D eigenvalue weighted by molar-refractivity contribution is 0.0713. The van der Waals surface area contributed by atoms with Crippen LogP contribution in [0.15, 0.2) is 30.5 Å². The van der Waals surface area contributed by atoms with Crippen LogP contribution >= 0.6 is 11.3 Å². The SMILES string of the molecule is COc1ccc(-c2ncc(C(=O)N3CCCC(N)C3)s2)cc1. The Morgan fingerprint density at radius 2 is 2.18 bits per heavy atom. The number of methoxy groups -OCH3 is 1. The third-order valence-corrected chi connectivity index (χ3v) is 4.83. The van der Waals surface area contributed by atoms with Crippen LogP contribution in [0.4, 0.5) is 0 Å². The van der Waals surface area contributed by atoms with Gasteiger partial charge in [0, 0.05) is 24.7 Å². The Balaban J connectivity index is 1.76. The normalized spacial score (nSPS) is 18.3. The van der Waals surface area contributed by atoms with Crippen LogP contribution in [0.25, 0.3) is 10.6 Å². The van der Waals surface area contributed by atoms with Crippen molar-refractivity contribution in [3.05, 3.63) is 35.3 Å². The smallest absolute Gasteiger partial charge is 0.265 e. The van der Waals surface area contributed by atoms with E-state index in [1.807, 2.05) is 29.2 Å². The predicted octanol–water partition coefficient (Wildman–Crippen LogP) is 2.38. The second-order valence-electron chi connectivity index (χ2n) is 5.41. The van der Waals surface area contributed by atoms with Crippen LogP contribution < -0.4 is 10.5 Å². The van der Waals surface area contributed by atoms with E-state index in [4.69, 9.17) is 10.5 Å². The first-order valence-corrected chi connectivity index (χ1v) is 8.14. The molecule has 0 saturated carbocycles. The molecule has 0 aliphatic carbocycles. The molecule has 3 rings (SSSR count). The molecule has 1 aromatic heterocycles. The predicted molar refractivity (Wildman–Crippen MR) is 87.2 cm³/mol. The van der Waals surface area contributed by atoms with Crippen LogP contribution in [0.1, 0.15) is 22.5 Å². The Hall–Kier alpha value is -1.92. The molecule has 0 bridgehead atoms. The minimum atomic E-state index is 0.0346. The van der Waals surface area contributed by atoms with Crippen molar-refractivity contribution in [1.29, 1.82) is 0 Å². The van der Waals surface area contributed by atoms with Gasteiger partial charge in [0.25, 0.3) is 5.91 Å². The first-order valence-electron chi connectivity index (χ1n) is 7.32. The fraction of sp³-hybridized carbons (Fsp3) is 0.375. The summed E-state index contributed by atoms with van der Waals surface area (Å²) in [6, 6.07) is 7.77. The van der Waals surface area contributed by atoms with Crippen LogP contribution in [0, 0.1) is 0 Å². The number of nitrogens with two attached hydrogens (primary N) is 1. The zero-order chi connectivity index (χ0) is 15.5. The minimum absolute atomic E-state index is 0.0346. The lowest BCUT2D eigenvalue weighted by Crippen LogP contribution is -2.45. The third-order valence-electron chi connectivity index (χ3n) is 3.80. The van der Waals surface area contributed by atoms with Crippen molar-refractivity contribution in [1.82, 2.24) is 9.88 Å². The van der Waals surface area contributed by atoms with Gasteiger partial charge < -0.3 is 15.4 Å². The van der Waals surface area contributed by atoms with E-state index in [0.717, 1.165) is 35.7 Å². The number of likely N-dealkylation sites (tertiary alicyclic amines) is 1. The van der Waals surface area contributed by atoms with Crippen molar-refractivity contribution in [2.45, 2.75) is 18.9 Å². The molecule has 1 amide bonds. The third kappa shape index (κ3) is 3.13. The minimum Gasteiger partial charge on any atom is -0.497 e. The number of nitrogens with zero attached hydrogens (tertiary/aromatic N) is 2. The van der Waals surface area contributed by atoms with Crippen molar-refractivity contribution < 1.29 is 9.53 Å². The maximum absolute atomic E-state index is 12.5. The number of piperidine rings is 1. The summed E-state index contributed by atoms with van der Waals surface area (Å²) in [4.78, 5) is 19.4. The summed E-state index contributed by atoms with van der Waals surface area (Å²) in [5, 5.41) is 0.840. The average Bonchev–Trinajstić information content (AvgIpc) is 3.04. The Morgan fingerprint density at radius 3 is 2.86 bits per heavy atom. The Kier molecular flexibility index (Phi) is 4.40. The van der Waals surface area contributed by atoms with Gasteiger partial charge in [-0.05, 0) is 37.1 Å². The summed E-state index contributed by atoms with van der Waals surface area (Å²) in [5.41, 5.74) is 6.93. The summed E-state index contributed by atoms with van der Waals surface area (Å²) < 4.78 is 5.15. The second kappa shape index (κ2) is 6.46. The largest absolute Gasteiger partial charge is 0.497 e. The highest BCUT2D eigenvalue weighted by atomic mass is 32.1. The molecule has 116 valence electrons. The number of rotatable bonds is 3. The molecule has 1 fully saturated rings. The molecular formula is C16H19N3O2S. The fourth-order valence-corrected chi connectivity index (χ4v) is 3.48. The summed E-state index contributed by atoms with van der Waals surface area (Å²) in [5.74, 6) is 0.839. The number of carbonyl (C=O) groups excluding carboxylic acids is 1. The molecule has 1 unspecified atom stereocenters. The van der Waals surface area contributed by atoms with Gasteiger partial charge in [-0.25, -0.2) is 4.98 Å². The highest BCUT2D eigenvalue weighted by molar-refractivity contribution is 7.16. The lowest BCUT2D eigenvalue weighted by atomic mass is 10.1. The van der Waals surface area contributed by atoms with Crippen molar-refractivity contribution in [2.24, 2.45) is 5.73 Å². The molecule has 5 nitrogen and oxygen atoms in total. The standard InChI is InChI=1S/C16H19N3O2S/c1-21-13-6-4-11(5-7-13)15-18-9-14(22-15)16(20)19-8-2-3-12(17)10-19/h4-7,9,12H,2-3,8,10,17H2,1H3. The number of carbonyl (C=O) groups is 1. The molecule has 22 heavy (non-hydrogen) atoms. The summed E-state index contributed by atoms with van der Waals surface area (Å²) in [6.45, 7) is 1.41. The van der Waals surface area contributed by atoms with Gasteiger partial charge in [0.05, 0.1) is 13.3 Å².